The maximum Gasteiger partial charge on any atom is 0.246 e. The first kappa shape index (κ1) is 14.1. The number of fused-ring (bicyclic) bond motifs is 1. The molecule has 108 valence electrons. The Morgan fingerprint density at radius 2 is 2.19 bits per heavy atom. The molecule has 0 aliphatic carbocycles. The van der Waals surface area contributed by atoms with Gasteiger partial charge in [-0.3, -0.25) is 4.79 Å². The molecule has 2 aromatic rings. The first-order valence-electron chi connectivity index (χ1n) is 6.85. The van der Waals surface area contributed by atoms with E-state index in [1.54, 1.807) is 4.90 Å². The molecule has 0 saturated carbocycles. The van der Waals surface area contributed by atoms with Crippen LogP contribution in [0.5, 0.6) is 0 Å². The van der Waals surface area contributed by atoms with Crippen molar-refractivity contribution in [1.29, 1.82) is 0 Å². The van der Waals surface area contributed by atoms with Crippen molar-refractivity contribution in [3.05, 3.63) is 70.1 Å². The van der Waals surface area contributed by atoms with E-state index in [0.717, 1.165) is 16.0 Å². The maximum atomic E-state index is 12.0. The molecule has 3 rings (SSSR count). The average Bonchev–Trinajstić information content (AvgIpc) is 2.86. The highest BCUT2D eigenvalue weighted by Gasteiger charge is 2.32. The molecule has 0 saturated heterocycles. The minimum absolute atomic E-state index is 0.0632. The zero-order valence-corrected chi connectivity index (χ0v) is 13.4. The summed E-state index contributed by atoms with van der Waals surface area (Å²) in [6.07, 6.45) is 1.36. The molecule has 0 spiro atoms. The molecule has 0 radical (unpaired) electrons. The highest BCUT2D eigenvalue weighted by atomic mass is 79.9. The number of carbonyl (C=O) groups excluding carboxylic acids is 1. The second-order valence-electron chi connectivity index (χ2n) is 5.23. The molecule has 1 amide bonds. The van der Waals surface area contributed by atoms with Crippen LogP contribution < -0.4 is 0 Å². The van der Waals surface area contributed by atoms with E-state index in [1.165, 1.54) is 17.2 Å². The van der Waals surface area contributed by atoms with Crippen LogP contribution in [0.1, 0.15) is 28.6 Å². The SMILES string of the molecule is C=CC(=O)N1Cc2oc(C)cc2[C@H](c2ccccc2Br)C1. The van der Waals surface area contributed by atoms with Gasteiger partial charge in [-0.15, -0.1) is 0 Å². The highest BCUT2D eigenvalue weighted by Crippen LogP contribution is 2.38. The van der Waals surface area contributed by atoms with E-state index >= 15 is 0 Å². The summed E-state index contributed by atoms with van der Waals surface area (Å²) in [5, 5.41) is 0. The molecule has 2 heterocycles. The van der Waals surface area contributed by atoms with Crippen LogP contribution in [-0.4, -0.2) is 17.4 Å². The van der Waals surface area contributed by atoms with Gasteiger partial charge in [0.25, 0.3) is 0 Å². The summed E-state index contributed by atoms with van der Waals surface area (Å²) in [6.45, 7) is 6.67. The number of furan rings is 1. The molecule has 1 aromatic heterocycles. The lowest BCUT2D eigenvalue weighted by molar-refractivity contribution is -0.127. The lowest BCUT2D eigenvalue weighted by Gasteiger charge is -2.32. The molecule has 0 bridgehead atoms. The van der Waals surface area contributed by atoms with Gasteiger partial charge >= 0.3 is 0 Å². The van der Waals surface area contributed by atoms with Crippen LogP contribution in [0.15, 0.2) is 51.9 Å². The molecule has 0 fully saturated rings. The summed E-state index contributed by atoms with van der Waals surface area (Å²) < 4.78 is 6.83. The molecule has 4 heteroatoms. The van der Waals surface area contributed by atoms with Crippen molar-refractivity contribution >= 4 is 21.8 Å². The number of hydrogen-bond acceptors (Lipinski definition) is 2. The summed E-state index contributed by atoms with van der Waals surface area (Å²) in [6, 6.07) is 10.2. The summed E-state index contributed by atoms with van der Waals surface area (Å²) in [4.78, 5) is 13.8. The number of halogens is 1. The van der Waals surface area contributed by atoms with Crippen molar-refractivity contribution in [2.24, 2.45) is 0 Å². The van der Waals surface area contributed by atoms with Crippen molar-refractivity contribution in [2.75, 3.05) is 6.54 Å². The van der Waals surface area contributed by atoms with Crippen LogP contribution in [0.4, 0.5) is 0 Å². The van der Waals surface area contributed by atoms with E-state index in [-0.39, 0.29) is 11.8 Å². The van der Waals surface area contributed by atoms with Gasteiger partial charge in [0.2, 0.25) is 5.91 Å². The molecule has 1 atom stereocenters. The molecule has 1 aromatic carbocycles. The fraction of sp³-hybridized carbons (Fsp3) is 0.235. The van der Waals surface area contributed by atoms with Crippen LogP contribution in [-0.2, 0) is 11.3 Å². The maximum absolute atomic E-state index is 12.0. The van der Waals surface area contributed by atoms with Gasteiger partial charge < -0.3 is 9.32 Å². The molecule has 3 nitrogen and oxygen atoms in total. The van der Waals surface area contributed by atoms with E-state index in [1.807, 2.05) is 25.1 Å². The highest BCUT2D eigenvalue weighted by molar-refractivity contribution is 9.10. The number of nitrogens with zero attached hydrogens (tertiary/aromatic N) is 1. The number of carbonyl (C=O) groups is 1. The van der Waals surface area contributed by atoms with E-state index in [0.29, 0.717) is 13.1 Å². The number of benzene rings is 1. The summed E-state index contributed by atoms with van der Waals surface area (Å²) in [7, 11) is 0. The molecular formula is C17H16BrNO2. The summed E-state index contributed by atoms with van der Waals surface area (Å²) in [5.74, 6) is 1.80. The third-order valence-electron chi connectivity index (χ3n) is 3.84. The number of amides is 1. The zero-order chi connectivity index (χ0) is 15.0. The largest absolute Gasteiger partial charge is 0.464 e. The van der Waals surface area contributed by atoms with Crippen LogP contribution in [0.3, 0.4) is 0 Å². The first-order valence-corrected chi connectivity index (χ1v) is 7.64. The number of hydrogen-bond donors (Lipinski definition) is 0. The van der Waals surface area contributed by atoms with Crippen LogP contribution in [0, 0.1) is 6.92 Å². The molecule has 1 aliphatic heterocycles. The molecule has 0 unspecified atom stereocenters. The topological polar surface area (TPSA) is 33.5 Å². The van der Waals surface area contributed by atoms with Gasteiger partial charge in [0.05, 0.1) is 6.54 Å². The standard InChI is InChI=1S/C17H16BrNO2/c1-3-17(20)19-9-14(12-6-4-5-7-15(12)18)13-8-11(2)21-16(13)10-19/h3-8,14H,1,9-10H2,2H3/t14-/m0/s1. The Bertz CT molecular complexity index is 705. The third-order valence-corrected chi connectivity index (χ3v) is 4.57. The second kappa shape index (κ2) is 5.53. The second-order valence-corrected chi connectivity index (χ2v) is 6.09. The minimum Gasteiger partial charge on any atom is -0.464 e. The van der Waals surface area contributed by atoms with Gasteiger partial charge in [-0.25, -0.2) is 0 Å². The molecule has 21 heavy (non-hydrogen) atoms. The Morgan fingerprint density at radius 3 is 2.90 bits per heavy atom. The number of aryl methyl sites for hydroxylation is 1. The lowest BCUT2D eigenvalue weighted by atomic mass is 9.88. The summed E-state index contributed by atoms with van der Waals surface area (Å²) in [5.41, 5.74) is 2.34. The smallest absolute Gasteiger partial charge is 0.246 e. The van der Waals surface area contributed by atoms with Gasteiger partial charge in [-0.05, 0) is 30.7 Å². The first-order chi connectivity index (χ1) is 10.1. The quantitative estimate of drug-likeness (QED) is 0.770. The molecule has 1 aliphatic rings. The molecule has 0 N–H and O–H groups in total. The van der Waals surface area contributed by atoms with E-state index in [9.17, 15) is 4.79 Å². The Balaban J connectivity index is 2.08. The van der Waals surface area contributed by atoms with Crippen molar-refractivity contribution in [3.63, 3.8) is 0 Å². The predicted molar refractivity (Wildman–Crippen MR) is 85.0 cm³/mol. The normalized spacial score (nSPS) is 17.4. The monoisotopic (exact) mass is 345 g/mol. The fourth-order valence-electron chi connectivity index (χ4n) is 2.88. The fourth-order valence-corrected chi connectivity index (χ4v) is 3.44. The average molecular weight is 346 g/mol. The lowest BCUT2D eigenvalue weighted by Crippen LogP contribution is -2.37. The number of rotatable bonds is 2. The van der Waals surface area contributed by atoms with Crippen molar-refractivity contribution < 1.29 is 9.21 Å². The summed E-state index contributed by atoms with van der Waals surface area (Å²) >= 11 is 3.61. The van der Waals surface area contributed by atoms with Crippen molar-refractivity contribution in [2.45, 2.75) is 19.4 Å². The van der Waals surface area contributed by atoms with Crippen LogP contribution in [0.2, 0.25) is 0 Å². The van der Waals surface area contributed by atoms with Gasteiger partial charge in [0.1, 0.15) is 11.5 Å². The van der Waals surface area contributed by atoms with Crippen LogP contribution in [0.25, 0.3) is 0 Å². The Labute approximate surface area is 132 Å². The molecular weight excluding hydrogens is 330 g/mol. The van der Waals surface area contributed by atoms with Crippen molar-refractivity contribution in [3.8, 4) is 0 Å². The predicted octanol–water partition coefficient (Wildman–Crippen LogP) is 4.01. The van der Waals surface area contributed by atoms with Crippen molar-refractivity contribution in [1.82, 2.24) is 4.90 Å². The minimum atomic E-state index is -0.0632. The Kier molecular flexibility index (Phi) is 3.72. The van der Waals surface area contributed by atoms with E-state index in [4.69, 9.17) is 4.42 Å². The van der Waals surface area contributed by atoms with Gasteiger partial charge in [0, 0.05) is 22.5 Å². The Morgan fingerprint density at radius 1 is 1.43 bits per heavy atom. The zero-order valence-electron chi connectivity index (χ0n) is 11.8. The van der Waals surface area contributed by atoms with E-state index < -0.39 is 0 Å². The van der Waals surface area contributed by atoms with Crippen LogP contribution >= 0.6 is 15.9 Å². The van der Waals surface area contributed by atoms with E-state index in [2.05, 4.69) is 34.6 Å². The van der Waals surface area contributed by atoms with Gasteiger partial charge in [-0.2, -0.15) is 0 Å². The Hall–Kier alpha value is -1.81. The van der Waals surface area contributed by atoms with Gasteiger partial charge in [0.15, 0.2) is 0 Å². The third kappa shape index (κ3) is 2.56. The van der Waals surface area contributed by atoms with Gasteiger partial charge in [-0.1, -0.05) is 40.7 Å².